The van der Waals surface area contributed by atoms with Gasteiger partial charge in [0.05, 0.1) is 25.1 Å². The van der Waals surface area contributed by atoms with Crippen molar-refractivity contribution in [3.63, 3.8) is 0 Å². The molecule has 2 aliphatic carbocycles. The Morgan fingerprint density at radius 2 is 2.30 bits per heavy atom. The van der Waals surface area contributed by atoms with E-state index in [9.17, 15) is 14.8 Å². The van der Waals surface area contributed by atoms with Crippen molar-refractivity contribution in [3.8, 4) is 0 Å². The number of aromatic nitrogens is 4. The van der Waals surface area contributed by atoms with Crippen LogP contribution in [0.4, 0.5) is 5.82 Å². The van der Waals surface area contributed by atoms with Gasteiger partial charge in [-0.2, -0.15) is 9.97 Å². The van der Waals surface area contributed by atoms with Gasteiger partial charge in [-0.3, -0.25) is 4.52 Å². The summed E-state index contributed by atoms with van der Waals surface area (Å²) in [7, 11) is -0.446. The van der Waals surface area contributed by atoms with Crippen LogP contribution in [0.3, 0.4) is 0 Å². The number of halogens is 1. The number of nitrogen functional groups attached to an aromatic ring is 1. The predicted octanol–water partition coefficient (Wildman–Crippen LogP) is 0.568. The molecule has 0 radical (unpaired) electrons. The first kappa shape index (κ1) is 15.2. The SMILES string of the molecule is Nc1nc(Cl)nc2c1ncn2C1C(O)C(O)C2(COP=O)CC12. The number of rotatable bonds is 4. The van der Waals surface area contributed by atoms with E-state index < -0.39 is 32.4 Å². The molecule has 2 heterocycles. The second kappa shape index (κ2) is 5.06. The molecule has 11 heteroatoms. The lowest BCUT2D eigenvalue weighted by molar-refractivity contribution is -0.0264. The fourth-order valence-electron chi connectivity index (χ4n) is 3.80. The summed E-state index contributed by atoms with van der Waals surface area (Å²) in [6.07, 6.45) is 0.159. The fraction of sp³-hybridized carbons (Fsp3) is 0.583. The molecular weight excluding hydrogens is 345 g/mol. The first-order valence-electron chi connectivity index (χ1n) is 6.96. The number of nitrogens with two attached hydrogens (primary N) is 1. The Morgan fingerprint density at radius 3 is 3.04 bits per heavy atom. The van der Waals surface area contributed by atoms with E-state index in [1.165, 1.54) is 6.33 Å². The van der Waals surface area contributed by atoms with Gasteiger partial charge in [-0.05, 0) is 23.9 Å². The molecule has 4 N–H and O–H groups in total. The van der Waals surface area contributed by atoms with E-state index in [0.29, 0.717) is 17.6 Å². The van der Waals surface area contributed by atoms with Gasteiger partial charge in [-0.25, -0.2) is 9.55 Å². The summed E-state index contributed by atoms with van der Waals surface area (Å²) in [5.74, 6) is 0.115. The average molecular weight is 358 g/mol. The van der Waals surface area contributed by atoms with Crippen LogP contribution in [-0.4, -0.2) is 48.5 Å². The summed E-state index contributed by atoms with van der Waals surface area (Å²) in [5.41, 5.74) is 5.99. The summed E-state index contributed by atoms with van der Waals surface area (Å²) in [4.78, 5) is 12.2. The molecule has 4 rings (SSSR count). The smallest absolute Gasteiger partial charge is 0.327 e. The molecule has 0 aromatic carbocycles. The van der Waals surface area contributed by atoms with Crippen LogP contribution in [0.15, 0.2) is 6.33 Å². The monoisotopic (exact) mass is 357 g/mol. The predicted molar refractivity (Wildman–Crippen MR) is 79.9 cm³/mol. The molecule has 9 nitrogen and oxygen atoms in total. The topological polar surface area (TPSA) is 136 Å². The van der Waals surface area contributed by atoms with Crippen LogP contribution in [0, 0.1) is 11.3 Å². The first-order chi connectivity index (χ1) is 11.0. The van der Waals surface area contributed by atoms with Crippen molar-refractivity contribution in [2.75, 3.05) is 12.3 Å². The van der Waals surface area contributed by atoms with Crippen LogP contribution in [0.2, 0.25) is 5.28 Å². The molecule has 2 saturated carbocycles. The number of aliphatic hydroxyl groups excluding tert-OH is 2. The van der Waals surface area contributed by atoms with Crippen molar-refractivity contribution in [1.82, 2.24) is 19.5 Å². The van der Waals surface area contributed by atoms with E-state index in [1.807, 2.05) is 0 Å². The average Bonchev–Trinajstić information content (AvgIpc) is 3.01. The van der Waals surface area contributed by atoms with Crippen LogP contribution in [0.1, 0.15) is 12.5 Å². The van der Waals surface area contributed by atoms with Gasteiger partial charge < -0.3 is 20.5 Å². The van der Waals surface area contributed by atoms with Crippen molar-refractivity contribution in [2.45, 2.75) is 24.7 Å². The molecular formula is C12H13ClN5O4P. The van der Waals surface area contributed by atoms with Crippen molar-refractivity contribution < 1.29 is 19.3 Å². The maximum Gasteiger partial charge on any atom is 0.327 e. The number of fused-ring (bicyclic) bond motifs is 2. The lowest BCUT2D eigenvalue weighted by Gasteiger charge is -2.23. The van der Waals surface area contributed by atoms with E-state index in [1.54, 1.807) is 4.57 Å². The van der Waals surface area contributed by atoms with Crippen LogP contribution in [0.25, 0.3) is 11.2 Å². The highest BCUT2D eigenvalue weighted by Gasteiger charge is 2.71. The van der Waals surface area contributed by atoms with Gasteiger partial charge in [-0.1, -0.05) is 0 Å². The van der Waals surface area contributed by atoms with E-state index >= 15 is 0 Å². The Morgan fingerprint density at radius 1 is 1.52 bits per heavy atom. The summed E-state index contributed by atoms with van der Waals surface area (Å²) in [5, 5.41) is 20.8. The third-order valence-electron chi connectivity index (χ3n) is 4.98. The van der Waals surface area contributed by atoms with Gasteiger partial charge >= 0.3 is 8.69 Å². The third-order valence-corrected chi connectivity index (χ3v) is 5.38. The quantitative estimate of drug-likeness (QED) is 0.533. The van der Waals surface area contributed by atoms with Crippen LogP contribution >= 0.6 is 20.3 Å². The highest BCUT2D eigenvalue weighted by atomic mass is 35.5. The molecule has 0 saturated heterocycles. The molecule has 5 unspecified atom stereocenters. The van der Waals surface area contributed by atoms with E-state index in [4.69, 9.17) is 21.9 Å². The Hall–Kier alpha value is -1.38. The lowest BCUT2D eigenvalue weighted by atomic mass is 10.0. The van der Waals surface area contributed by atoms with E-state index in [2.05, 4.69) is 15.0 Å². The van der Waals surface area contributed by atoms with E-state index in [0.717, 1.165) is 0 Å². The summed E-state index contributed by atoms with van der Waals surface area (Å²) in [6.45, 7) is 0.113. The normalized spacial score (nSPS) is 35.8. The lowest BCUT2D eigenvalue weighted by Crippen LogP contribution is -2.35. The molecule has 2 fully saturated rings. The Kier molecular flexibility index (Phi) is 3.33. The number of hydrogen-bond donors (Lipinski definition) is 3. The summed E-state index contributed by atoms with van der Waals surface area (Å²) in [6, 6.07) is -0.438. The number of hydrogen-bond acceptors (Lipinski definition) is 8. The maximum absolute atomic E-state index is 10.5. The zero-order valence-electron chi connectivity index (χ0n) is 11.7. The van der Waals surface area contributed by atoms with Gasteiger partial charge in [0.25, 0.3) is 0 Å². The number of nitrogens with zero attached hydrogens (tertiary/aromatic N) is 4. The van der Waals surface area contributed by atoms with Crippen molar-refractivity contribution in [2.24, 2.45) is 11.3 Å². The molecule has 0 aliphatic heterocycles. The van der Waals surface area contributed by atoms with Gasteiger partial charge in [-0.15, -0.1) is 0 Å². The number of imidazole rings is 1. The van der Waals surface area contributed by atoms with Crippen molar-refractivity contribution in [1.29, 1.82) is 0 Å². The fourth-order valence-corrected chi connectivity index (χ4v) is 4.27. The molecule has 2 aromatic rings. The minimum atomic E-state index is -1.02. The zero-order chi connectivity index (χ0) is 16.4. The largest absolute Gasteiger partial charge is 0.390 e. The van der Waals surface area contributed by atoms with E-state index in [-0.39, 0.29) is 23.6 Å². The minimum absolute atomic E-state index is 0.0136. The van der Waals surface area contributed by atoms with Gasteiger partial charge in [0.1, 0.15) is 11.6 Å². The molecule has 2 aromatic heterocycles. The summed E-state index contributed by atoms with van der Waals surface area (Å²) < 4.78 is 17.1. The van der Waals surface area contributed by atoms with Crippen molar-refractivity contribution >= 4 is 37.3 Å². The first-order valence-corrected chi connectivity index (χ1v) is 8.07. The van der Waals surface area contributed by atoms with Crippen LogP contribution in [-0.2, 0) is 9.09 Å². The van der Waals surface area contributed by atoms with Crippen molar-refractivity contribution in [3.05, 3.63) is 11.6 Å². The second-order valence-electron chi connectivity index (χ2n) is 6.02. The number of aliphatic hydroxyl groups is 2. The number of anilines is 1. The zero-order valence-corrected chi connectivity index (χ0v) is 13.4. The summed E-state index contributed by atoms with van der Waals surface area (Å²) >= 11 is 5.86. The van der Waals surface area contributed by atoms with Gasteiger partial charge in [0.2, 0.25) is 5.28 Å². The third kappa shape index (κ3) is 2.01. The highest BCUT2D eigenvalue weighted by Crippen LogP contribution is 2.68. The standard InChI is InChI=1S/C12H13ClN5O4P/c13-11-16-9(14)5-10(17-11)18(3-15-5)6-4-1-12(4,2-22-23-21)8(20)7(6)19/h3-4,6-8,19-20H,1-2H2,(H2,14,16,17). The molecule has 0 spiro atoms. The molecule has 122 valence electrons. The molecule has 5 atom stereocenters. The Balaban J connectivity index is 1.76. The van der Waals surface area contributed by atoms with Crippen LogP contribution in [0.5, 0.6) is 0 Å². The van der Waals surface area contributed by atoms with Gasteiger partial charge in [0.15, 0.2) is 11.5 Å². The van der Waals surface area contributed by atoms with Gasteiger partial charge in [0, 0.05) is 5.41 Å². The minimum Gasteiger partial charge on any atom is -0.390 e. The molecule has 0 bridgehead atoms. The molecule has 2 aliphatic rings. The Bertz CT molecular complexity index is 803. The molecule has 23 heavy (non-hydrogen) atoms. The second-order valence-corrected chi connectivity index (χ2v) is 6.77. The molecule has 0 amide bonds. The van der Waals surface area contributed by atoms with Crippen LogP contribution < -0.4 is 5.73 Å². The Labute approximate surface area is 136 Å². The highest BCUT2D eigenvalue weighted by molar-refractivity contribution is 7.17. The maximum atomic E-state index is 10.5.